The number of sulfone groups is 1. The lowest BCUT2D eigenvalue weighted by Crippen LogP contribution is -2.42. The minimum absolute atomic E-state index is 0.0861. The fourth-order valence-electron chi connectivity index (χ4n) is 2.43. The van der Waals surface area contributed by atoms with Crippen LogP contribution in [0.25, 0.3) is 0 Å². The van der Waals surface area contributed by atoms with Crippen molar-refractivity contribution >= 4 is 21.7 Å². The van der Waals surface area contributed by atoms with Crippen LogP contribution >= 0.6 is 0 Å². The number of nitrogens with one attached hydrogen (secondary N) is 2. The van der Waals surface area contributed by atoms with Crippen molar-refractivity contribution < 1.29 is 18.0 Å². The monoisotopic (exact) mass is 274 g/mol. The van der Waals surface area contributed by atoms with Crippen LogP contribution in [-0.2, 0) is 19.4 Å². The van der Waals surface area contributed by atoms with Crippen molar-refractivity contribution in [2.75, 3.05) is 18.1 Å². The van der Waals surface area contributed by atoms with Crippen LogP contribution in [0.2, 0.25) is 0 Å². The molecule has 0 aromatic carbocycles. The summed E-state index contributed by atoms with van der Waals surface area (Å²) >= 11 is 0. The van der Waals surface area contributed by atoms with Gasteiger partial charge in [0.1, 0.15) is 6.04 Å². The number of hydrogen-bond donors (Lipinski definition) is 2. The molecular formula is C11H18N2O4S. The Kier molecular flexibility index (Phi) is 3.89. The highest BCUT2D eigenvalue weighted by Gasteiger charge is 2.29. The number of carbonyl (C=O) groups excluding carboxylic acids is 2. The van der Waals surface area contributed by atoms with Gasteiger partial charge < -0.3 is 10.6 Å². The summed E-state index contributed by atoms with van der Waals surface area (Å²) < 4.78 is 22.5. The van der Waals surface area contributed by atoms with E-state index in [-0.39, 0.29) is 29.2 Å². The van der Waals surface area contributed by atoms with Crippen molar-refractivity contribution in [3.8, 4) is 0 Å². The van der Waals surface area contributed by atoms with Crippen LogP contribution in [0.5, 0.6) is 0 Å². The topological polar surface area (TPSA) is 92.3 Å². The predicted molar refractivity (Wildman–Crippen MR) is 65.6 cm³/mol. The molecule has 2 amide bonds. The van der Waals surface area contributed by atoms with Crippen molar-refractivity contribution in [3.05, 3.63) is 0 Å². The van der Waals surface area contributed by atoms with E-state index < -0.39 is 15.9 Å². The fourth-order valence-corrected chi connectivity index (χ4v) is 4.34. The quantitative estimate of drug-likeness (QED) is 0.702. The van der Waals surface area contributed by atoms with Gasteiger partial charge in [-0.15, -0.1) is 0 Å². The normalized spacial score (nSPS) is 30.1. The molecule has 0 radical (unpaired) electrons. The molecule has 0 aromatic rings. The molecule has 18 heavy (non-hydrogen) atoms. The molecule has 2 saturated heterocycles. The largest absolute Gasteiger partial charge is 0.354 e. The Labute approximate surface area is 106 Å². The van der Waals surface area contributed by atoms with E-state index in [1.54, 1.807) is 0 Å². The Morgan fingerprint density at radius 2 is 2.17 bits per heavy atom. The molecule has 2 rings (SSSR count). The summed E-state index contributed by atoms with van der Waals surface area (Å²) in [5.41, 5.74) is 0. The SMILES string of the molecule is O=C1CCC(C(=O)NCCC2CCS(=O)(=O)C2)N1. The Morgan fingerprint density at radius 1 is 1.39 bits per heavy atom. The molecule has 0 aliphatic carbocycles. The smallest absolute Gasteiger partial charge is 0.242 e. The van der Waals surface area contributed by atoms with Crippen LogP contribution in [-0.4, -0.2) is 44.3 Å². The first kappa shape index (κ1) is 13.3. The molecule has 2 unspecified atom stereocenters. The van der Waals surface area contributed by atoms with Crippen molar-refractivity contribution in [3.63, 3.8) is 0 Å². The summed E-state index contributed by atoms with van der Waals surface area (Å²) in [4.78, 5) is 22.6. The molecule has 0 saturated carbocycles. The average Bonchev–Trinajstić information content (AvgIpc) is 2.85. The molecule has 6 nitrogen and oxygen atoms in total. The maximum absolute atomic E-state index is 11.6. The summed E-state index contributed by atoms with van der Waals surface area (Å²) in [6.07, 6.45) is 2.32. The Hall–Kier alpha value is -1.11. The van der Waals surface area contributed by atoms with Crippen LogP contribution < -0.4 is 10.6 Å². The maximum Gasteiger partial charge on any atom is 0.242 e. The van der Waals surface area contributed by atoms with E-state index in [1.165, 1.54) is 0 Å². The number of hydrogen-bond acceptors (Lipinski definition) is 4. The van der Waals surface area contributed by atoms with E-state index >= 15 is 0 Å². The number of carbonyl (C=O) groups is 2. The van der Waals surface area contributed by atoms with Gasteiger partial charge in [-0.1, -0.05) is 0 Å². The van der Waals surface area contributed by atoms with Gasteiger partial charge in [-0.25, -0.2) is 8.42 Å². The van der Waals surface area contributed by atoms with Gasteiger partial charge in [-0.2, -0.15) is 0 Å². The molecule has 2 heterocycles. The minimum Gasteiger partial charge on any atom is -0.354 e. The molecular weight excluding hydrogens is 256 g/mol. The lowest BCUT2D eigenvalue weighted by molar-refractivity contribution is -0.125. The first-order chi connectivity index (χ1) is 8.46. The molecule has 0 bridgehead atoms. The summed E-state index contributed by atoms with van der Waals surface area (Å²) in [7, 11) is -2.84. The second kappa shape index (κ2) is 5.26. The molecule has 102 valence electrons. The summed E-state index contributed by atoms with van der Waals surface area (Å²) in [6, 6.07) is -0.412. The van der Waals surface area contributed by atoms with Gasteiger partial charge in [0, 0.05) is 13.0 Å². The second-order valence-corrected chi connectivity index (χ2v) is 7.24. The Bertz CT molecular complexity index is 446. The fraction of sp³-hybridized carbons (Fsp3) is 0.818. The molecule has 2 atom stereocenters. The zero-order valence-electron chi connectivity index (χ0n) is 10.1. The van der Waals surface area contributed by atoms with Crippen molar-refractivity contribution in [1.29, 1.82) is 0 Å². The molecule has 2 N–H and O–H groups in total. The van der Waals surface area contributed by atoms with Gasteiger partial charge in [-0.05, 0) is 25.2 Å². The maximum atomic E-state index is 11.6. The van der Waals surface area contributed by atoms with Gasteiger partial charge in [0.2, 0.25) is 11.8 Å². The van der Waals surface area contributed by atoms with E-state index in [9.17, 15) is 18.0 Å². The molecule has 7 heteroatoms. The third-order valence-electron chi connectivity index (χ3n) is 3.49. The Morgan fingerprint density at radius 3 is 2.72 bits per heavy atom. The van der Waals surface area contributed by atoms with Gasteiger partial charge in [0.05, 0.1) is 11.5 Å². The molecule has 2 fully saturated rings. The van der Waals surface area contributed by atoms with Gasteiger partial charge >= 0.3 is 0 Å². The van der Waals surface area contributed by atoms with E-state index in [4.69, 9.17) is 0 Å². The summed E-state index contributed by atoms with van der Waals surface area (Å²) in [5.74, 6) is 0.417. The van der Waals surface area contributed by atoms with E-state index in [0.29, 0.717) is 32.2 Å². The number of amides is 2. The van der Waals surface area contributed by atoms with E-state index in [0.717, 1.165) is 0 Å². The molecule has 2 aliphatic rings. The highest BCUT2D eigenvalue weighted by Crippen LogP contribution is 2.20. The van der Waals surface area contributed by atoms with Crippen LogP contribution in [0, 0.1) is 5.92 Å². The first-order valence-corrected chi connectivity index (χ1v) is 8.06. The van der Waals surface area contributed by atoms with Gasteiger partial charge in [-0.3, -0.25) is 9.59 Å². The molecule has 2 aliphatic heterocycles. The van der Waals surface area contributed by atoms with Gasteiger partial charge in [0.25, 0.3) is 0 Å². The zero-order valence-corrected chi connectivity index (χ0v) is 11.0. The highest BCUT2D eigenvalue weighted by molar-refractivity contribution is 7.91. The third kappa shape index (κ3) is 3.44. The predicted octanol–water partition coefficient (Wildman–Crippen LogP) is -0.794. The van der Waals surface area contributed by atoms with Crippen molar-refractivity contribution in [1.82, 2.24) is 10.6 Å². The third-order valence-corrected chi connectivity index (χ3v) is 5.33. The van der Waals surface area contributed by atoms with Crippen molar-refractivity contribution in [2.45, 2.75) is 31.7 Å². The van der Waals surface area contributed by atoms with E-state index in [1.807, 2.05) is 0 Å². The number of rotatable bonds is 4. The van der Waals surface area contributed by atoms with Crippen LogP contribution in [0.4, 0.5) is 0 Å². The highest BCUT2D eigenvalue weighted by atomic mass is 32.2. The van der Waals surface area contributed by atoms with Crippen LogP contribution in [0.1, 0.15) is 25.7 Å². The lowest BCUT2D eigenvalue weighted by atomic mass is 10.1. The van der Waals surface area contributed by atoms with Crippen LogP contribution in [0.3, 0.4) is 0 Å². The molecule has 0 aromatic heterocycles. The molecule has 0 spiro atoms. The average molecular weight is 274 g/mol. The van der Waals surface area contributed by atoms with E-state index in [2.05, 4.69) is 10.6 Å². The Balaban J connectivity index is 1.67. The zero-order chi connectivity index (χ0) is 13.2. The standard InChI is InChI=1S/C11H18N2O4S/c14-10-2-1-9(13-10)11(15)12-5-3-8-4-6-18(16,17)7-8/h8-9H,1-7H2,(H,12,15)(H,13,14). The summed E-state index contributed by atoms with van der Waals surface area (Å²) in [5, 5.41) is 5.35. The van der Waals surface area contributed by atoms with Crippen LogP contribution in [0.15, 0.2) is 0 Å². The van der Waals surface area contributed by atoms with Gasteiger partial charge in [0.15, 0.2) is 9.84 Å². The van der Waals surface area contributed by atoms with Crippen molar-refractivity contribution in [2.24, 2.45) is 5.92 Å². The summed E-state index contributed by atoms with van der Waals surface area (Å²) in [6.45, 7) is 0.478. The minimum atomic E-state index is -2.84. The second-order valence-electron chi connectivity index (χ2n) is 5.01. The lowest BCUT2D eigenvalue weighted by Gasteiger charge is -2.12. The first-order valence-electron chi connectivity index (χ1n) is 6.24.